The van der Waals surface area contributed by atoms with Crippen LogP contribution in [0, 0.1) is 0 Å². The van der Waals surface area contributed by atoms with Gasteiger partial charge in [-0.25, -0.2) is 9.78 Å². The summed E-state index contributed by atoms with van der Waals surface area (Å²) in [5.74, 6) is 0.401. The van der Waals surface area contributed by atoms with E-state index in [1.165, 1.54) is 11.3 Å². The third-order valence-corrected chi connectivity index (χ3v) is 4.17. The average Bonchev–Trinajstić information content (AvgIpc) is 3.07. The van der Waals surface area contributed by atoms with Crippen molar-refractivity contribution in [2.45, 2.75) is 13.5 Å². The van der Waals surface area contributed by atoms with Crippen molar-refractivity contribution >= 4 is 22.4 Å². The van der Waals surface area contributed by atoms with Gasteiger partial charge in [0.05, 0.1) is 17.9 Å². The molecule has 0 aliphatic rings. The van der Waals surface area contributed by atoms with Crippen LogP contribution in [0.3, 0.4) is 0 Å². The van der Waals surface area contributed by atoms with E-state index in [1.54, 1.807) is 19.1 Å². The van der Waals surface area contributed by atoms with Gasteiger partial charge in [-0.2, -0.15) is 0 Å². The molecule has 25 heavy (non-hydrogen) atoms. The van der Waals surface area contributed by atoms with E-state index in [9.17, 15) is 4.79 Å². The molecule has 1 heterocycles. The van der Waals surface area contributed by atoms with Crippen molar-refractivity contribution < 1.29 is 14.3 Å². The molecule has 0 aliphatic carbocycles. The number of benzene rings is 2. The SMILES string of the molecule is CCOC(=O)c1cccc(COc2cccc(-c3csc(N)n3)c2)c1. The second kappa shape index (κ2) is 7.81. The molecule has 0 fully saturated rings. The molecular formula is C19H18N2O3S. The first kappa shape index (κ1) is 17.0. The molecule has 0 bridgehead atoms. The third kappa shape index (κ3) is 4.36. The van der Waals surface area contributed by atoms with Crippen molar-refractivity contribution in [3.63, 3.8) is 0 Å². The molecule has 5 nitrogen and oxygen atoms in total. The van der Waals surface area contributed by atoms with Crippen LogP contribution in [0.25, 0.3) is 11.3 Å². The van der Waals surface area contributed by atoms with Gasteiger partial charge in [0.25, 0.3) is 0 Å². The number of anilines is 1. The quantitative estimate of drug-likeness (QED) is 0.673. The summed E-state index contributed by atoms with van der Waals surface area (Å²) in [6.07, 6.45) is 0. The highest BCUT2D eigenvalue weighted by molar-refractivity contribution is 7.13. The van der Waals surface area contributed by atoms with Gasteiger partial charge >= 0.3 is 5.97 Å². The summed E-state index contributed by atoms with van der Waals surface area (Å²) in [5.41, 5.74) is 8.89. The van der Waals surface area contributed by atoms with Crippen molar-refractivity contribution in [1.29, 1.82) is 0 Å². The molecule has 0 saturated carbocycles. The maximum absolute atomic E-state index is 11.8. The number of esters is 1. The lowest BCUT2D eigenvalue weighted by molar-refractivity contribution is 0.0526. The zero-order chi connectivity index (χ0) is 17.6. The summed E-state index contributed by atoms with van der Waals surface area (Å²) in [5, 5.41) is 2.45. The molecule has 6 heteroatoms. The van der Waals surface area contributed by atoms with Crippen molar-refractivity contribution in [2.75, 3.05) is 12.3 Å². The van der Waals surface area contributed by atoms with Gasteiger partial charge in [0.2, 0.25) is 0 Å². The van der Waals surface area contributed by atoms with E-state index in [4.69, 9.17) is 15.2 Å². The molecule has 0 saturated heterocycles. The zero-order valence-corrected chi connectivity index (χ0v) is 14.6. The van der Waals surface area contributed by atoms with Crippen LogP contribution in [0.1, 0.15) is 22.8 Å². The molecule has 0 aliphatic heterocycles. The molecule has 3 aromatic rings. The lowest BCUT2D eigenvalue weighted by Crippen LogP contribution is -2.05. The number of nitrogen functional groups attached to an aromatic ring is 1. The number of rotatable bonds is 6. The molecule has 0 atom stereocenters. The number of nitrogens with two attached hydrogens (primary N) is 1. The van der Waals surface area contributed by atoms with E-state index in [0.29, 0.717) is 23.9 Å². The minimum absolute atomic E-state index is 0.326. The van der Waals surface area contributed by atoms with Crippen LogP contribution in [0.4, 0.5) is 5.13 Å². The number of hydrogen-bond acceptors (Lipinski definition) is 6. The summed E-state index contributed by atoms with van der Waals surface area (Å²) in [6, 6.07) is 14.9. The third-order valence-electron chi connectivity index (χ3n) is 3.50. The van der Waals surface area contributed by atoms with Crippen LogP contribution in [-0.2, 0) is 11.3 Å². The number of nitrogens with zero attached hydrogens (tertiary/aromatic N) is 1. The number of carbonyl (C=O) groups is 1. The standard InChI is InChI=1S/C19H18N2O3S/c1-2-23-18(22)15-7-3-5-13(9-15)11-24-16-8-4-6-14(10-16)17-12-25-19(20)21-17/h3-10,12H,2,11H2,1H3,(H2,20,21). The van der Waals surface area contributed by atoms with Gasteiger partial charge < -0.3 is 15.2 Å². The van der Waals surface area contributed by atoms with Crippen LogP contribution in [0.5, 0.6) is 5.75 Å². The Kier molecular flexibility index (Phi) is 5.30. The predicted molar refractivity (Wildman–Crippen MR) is 98.7 cm³/mol. The smallest absolute Gasteiger partial charge is 0.338 e. The number of aromatic nitrogens is 1. The Labute approximate surface area is 150 Å². The molecule has 3 rings (SSSR count). The lowest BCUT2D eigenvalue weighted by atomic mass is 10.1. The van der Waals surface area contributed by atoms with Gasteiger partial charge in [-0.1, -0.05) is 24.3 Å². The predicted octanol–water partition coefficient (Wildman–Crippen LogP) is 4.15. The maximum atomic E-state index is 11.8. The minimum atomic E-state index is -0.326. The van der Waals surface area contributed by atoms with Crippen molar-refractivity contribution in [1.82, 2.24) is 4.98 Å². The molecular weight excluding hydrogens is 336 g/mol. The van der Waals surface area contributed by atoms with Crippen LogP contribution in [0.15, 0.2) is 53.9 Å². The maximum Gasteiger partial charge on any atom is 0.338 e. The molecule has 2 N–H and O–H groups in total. The summed E-state index contributed by atoms with van der Waals surface area (Å²) in [7, 11) is 0. The minimum Gasteiger partial charge on any atom is -0.489 e. The molecule has 2 aromatic carbocycles. The Morgan fingerprint density at radius 3 is 2.80 bits per heavy atom. The van der Waals surface area contributed by atoms with Crippen molar-refractivity contribution in [3.8, 4) is 17.0 Å². The second-order valence-corrected chi connectivity index (χ2v) is 6.20. The number of thiazole rings is 1. The second-order valence-electron chi connectivity index (χ2n) is 5.31. The largest absolute Gasteiger partial charge is 0.489 e. The molecule has 1 aromatic heterocycles. The number of ether oxygens (including phenoxy) is 2. The van der Waals surface area contributed by atoms with E-state index in [2.05, 4.69) is 4.98 Å². The molecule has 0 amide bonds. The van der Waals surface area contributed by atoms with Gasteiger partial charge in [-0.05, 0) is 36.8 Å². The molecule has 128 valence electrons. The Morgan fingerprint density at radius 2 is 2.04 bits per heavy atom. The van der Waals surface area contributed by atoms with Crippen LogP contribution in [-0.4, -0.2) is 17.6 Å². The highest BCUT2D eigenvalue weighted by Crippen LogP contribution is 2.26. The van der Waals surface area contributed by atoms with Gasteiger partial charge in [0.1, 0.15) is 12.4 Å². The Morgan fingerprint density at radius 1 is 1.20 bits per heavy atom. The molecule has 0 unspecified atom stereocenters. The Bertz CT molecular complexity index is 876. The first-order valence-electron chi connectivity index (χ1n) is 7.86. The average molecular weight is 354 g/mol. The fraction of sp³-hybridized carbons (Fsp3) is 0.158. The fourth-order valence-corrected chi connectivity index (χ4v) is 2.91. The van der Waals surface area contributed by atoms with Crippen molar-refractivity contribution in [2.24, 2.45) is 0 Å². The Balaban J connectivity index is 1.70. The van der Waals surface area contributed by atoms with Gasteiger partial charge in [-0.15, -0.1) is 11.3 Å². The lowest BCUT2D eigenvalue weighted by Gasteiger charge is -2.09. The monoisotopic (exact) mass is 354 g/mol. The zero-order valence-electron chi connectivity index (χ0n) is 13.8. The van der Waals surface area contributed by atoms with Crippen LogP contribution in [0.2, 0.25) is 0 Å². The van der Waals surface area contributed by atoms with Crippen LogP contribution >= 0.6 is 11.3 Å². The summed E-state index contributed by atoms with van der Waals surface area (Å²) in [6.45, 7) is 2.50. The van der Waals surface area contributed by atoms with Gasteiger partial charge in [0.15, 0.2) is 5.13 Å². The summed E-state index contributed by atoms with van der Waals surface area (Å²) in [4.78, 5) is 16.1. The highest BCUT2D eigenvalue weighted by atomic mass is 32.1. The summed E-state index contributed by atoms with van der Waals surface area (Å²) >= 11 is 1.41. The fourth-order valence-electron chi connectivity index (χ4n) is 2.33. The van der Waals surface area contributed by atoms with E-state index in [0.717, 1.165) is 22.6 Å². The first-order chi connectivity index (χ1) is 12.2. The summed E-state index contributed by atoms with van der Waals surface area (Å²) < 4.78 is 10.9. The van der Waals surface area contributed by atoms with E-state index in [1.807, 2.05) is 41.8 Å². The topological polar surface area (TPSA) is 74.4 Å². The number of hydrogen-bond donors (Lipinski definition) is 1. The number of carbonyl (C=O) groups excluding carboxylic acids is 1. The van der Waals surface area contributed by atoms with Gasteiger partial charge in [0, 0.05) is 10.9 Å². The first-order valence-corrected chi connectivity index (χ1v) is 8.74. The molecule has 0 radical (unpaired) electrons. The Hall–Kier alpha value is -2.86. The highest BCUT2D eigenvalue weighted by Gasteiger charge is 2.08. The van der Waals surface area contributed by atoms with E-state index < -0.39 is 0 Å². The molecule has 0 spiro atoms. The van der Waals surface area contributed by atoms with E-state index >= 15 is 0 Å². The van der Waals surface area contributed by atoms with E-state index in [-0.39, 0.29) is 5.97 Å². The van der Waals surface area contributed by atoms with Crippen molar-refractivity contribution in [3.05, 3.63) is 65.0 Å². The van der Waals surface area contributed by atoms with Crippen LogP contribution < -0.4 is 10.5 Å². The van der Waals surface area contributed by atoms with Gasteiger partial charge in [-0.3, -0.25) is 0 Å². The normalized spacial score (nSPS) is 10.4.